The van der Waals surface area contributed by atoms with Crippen LogP contribution in [-0.2, 0) is 17.6 Å². The van der Waals surface area contributed by atoms with Gasteiger partial charge in [-0.2, -0.15) is 0 Å². The molecule has 1 amide bonds. The Morgan fingerprint density at radius 1 is 1.42 bits per heavy atom. The molecule has 5 nitrogen and oxygen atoms in total. The maximum absolute atomic E-state index is 12.7. The van der Waals surface area contributed by atoms with Crippen molar-refractivity contribution < 1.29 is 9.21 Å². The molecule has 136 valence electrons. The second-order valence-corrected chi connectivity index (χ2v) is 8.23. The van der Waals surface area contributed by atoms with Crippen molar-refractivity contribution in [2.75, 3.05) is 0 Å². The predicted octanol–water partition coefficient (Wildman–Crippen LogP) is 3.92. The highest BCUT2D eigenvalue weighted by atomic mass is 16.3. The minimum atomic E-state index is -0.00234. The van der Waals surface area contributed by atoms with Crippen LogP contribution in [-0.4, -0.2) is 15.3 Å². The standard InChI is InChI=1S/C21H25N3O2/c1-13-6-5-7-24-12-15(22-20(13)24)9-19(25)23-17-10-21(3,4)11-18-16(17)8-14(2)26-18/h5-8,12,17H,9-11H2,1-4H3,(H,23,25)/t17-/m1/s1. The van der Waals surface area contributed by atoms with Gasteiger partial charge in [0.05, 0.1) is 18.2 Å². The molecule has 3 aromatic heterocycles. The molecular formula is C21H25N3O2. The number of carbonyl (C=O) groups is 1. The molecule has 0 saturated heterocycles. The van der Waals surface area contributed by atoms with Crippen molar-refractivity contribution in [1.82, 2.24) is 14.7 Å². The Morgan fingerprint density at radius 3 is 3.00 bits per heavy atom. The van der Waals surface area contributed by atoms with Gasteiger partial charge in [-0.15, -0.1) is 0 Å². The van der Waals surface area contributed by atoms with Gasteiger partial charge in [0.2, 0.25) is 5.91 Å². The number of rotatable bonds is 3. The Morgan fingerprint density at radius 2 is 2.23 bits per heavy atom. The molecule has 0 spiro atoms. The van der Waals surface area contributed by atoms with E-state index in [1.165, 1.54) is 0 Å². The number of aromatic nitrogens is 2. The van der Waals surface area contributed by atoms with Crippen LogP contribution < -0.4 is 5.32 Å². The highest BCUT2D eigenvalue weighted by Gasteiger charge is 2.35. The molecule has 0 radical (unpaired) electrons. The maximum atomic E-state index is 12.7. The van der Waals surface area contributed by atoms with Crippen molar-refractivity contribution in [2.45, 2.75) is 53.0 Å². The summed E-state index contributed by atoms with van der Waals surface area (Å²) in [7, 11) is 0. The monoisotopic (exact) mass is 351 g/mol. The number of hydrogen-bond donors (Lipinski definition) is 1. The smallest absolute Gasteiger partial charge is 0.226 e. The van der Waals surface area contributed by atoms with Gasteiger partial charge < -0.3 is 14.1 Å². The third kappa shape index (κ3) is 3.14. The SMILES string of the molecule is Cc1cc2c(o1)CC(C)(C)C[C@H]2NC(=O)Cc1cn2cccc(C)c2n1. The summed E-state index contributed by atoms with van der Waals surface area (Å²) in [5.41, 5.74) is 4.03. The van der Waals surface area contributed by atoms with E-state index in [0.29, 0.717) is 0 Å². The number of nitrogens with zero attached hydrogens (tertiary/aromatic N) is 2. The minimum Gasteiger partial charge on any atom is -0.466 e. The summed E-state index contributed by atoms with van der Waals surface area (Å²) in [6.07, 6.45) is 5.99. The van der Waals surface area contributed by atoms with Crippen molar-refractivity contribution in [1.29, 1.82) is 0 Å². The fourth-order valence-corrected chi connectivity index (χ4v) is 4.01. The fraction of sp³-hybridized carbons (Fsp3) is 0.429. The molecule has 1 atom stereocenters. The first-order chi connectivity index (χ1) is 12.3. The molecule has 0 fully saturated rings. The molecule has 5 heteroatoms. The van der Waals surface area contributed by atoms with Gasteiger partial charge in [-0.1, -0.05) is 19.9 Å². The van der Waals surface area contributed by atoms with Crippen LogP contribution in [0, 0.1) is 19.3 Å². The summed E-state index contributed by atoms with van der Waals surface area (Å²) in [5.74, 6) is 1.91. The molecule has 0 aliphatic heterocycles. The van der Waals surface area contributed by atoms with Gasteiger partial charge in [-0.25, -0.2) is 4.98 Å². The molecule has 1 aliphatic rings. The van der Waals surface area contributed by atoms with E-state index in [1.54, 1.807) is 0 Å². The summed E-state index contributed by atoms with van der Waals surface area (Å²) in [6, 6.07) is 6.07. The summed E-state index contributed by atoms with van der Waals surface area (Å²) in [5, 5.41) is 3.20. The maximum Gasteiger partial charge on any atom is 0.226 e. The molecule has 4 rings (SSSR count). The summed E-state index contributed by atoms with van der Waals surface area (Å²) >= 11 is 0. The number of nitrogens with one attached hydrogen (secondary N) is 1. The summed E-state index contributed by atoms with van der Waals surface area (Å²) < 4.78 is 7.83. The number of imidazole rings is 1. The van der Waals surface area contributed by atoms with Crippen LogP contribution in [0.5, 0.6) is 0 Å². The largest absolute Gasteiger partial charge is 0.466 e. The van der Waals surface area contributed by atoms with E-state index in [2.05, 4.69) is 30.2 Å². The van der Waals surface area contributed by atoms with Gasteiger partial charge in [0.25, 0.3) is 0 Å². The zero-order chi connectivity index (χ0) is 18.5. The lowest BCUT2D eigenvalue weighted by Gasteiger charge is -2.34. The Labute approximate surface area is 153 Å². The highest BCUT2D eigenvalue weighted by molar-refractivity contribution is 5.79. The zero-order valence-corrected chi connectivity index (χ0v) is 15.8. The first kappa shape index (κ1) is 16.9. The van der Waals surface area contributed by atoms with Crippen molar-refractivity contribution in [2.24, 2.45) is 5.41 Å². The van der Waals surface area contributed by atoms with Gasteiger partial charge in [0, 0.05) is 24.4 Å². The molecule has 0 bridgehead atoms. The number of furan rings is 1. The first-order valence-corrected chi connectivity index (χ1v) is 9.12. The van der Waals surface area contributed by atoms with Gasteiger partial charge in [-0.05, 0) is 43.4 Å². The van der Waals surface area contributed by atoms with Crippen molar-refractivity contribution >= 4 is 11.6 Å². The second kappa shape index (κ2) is 6.01. The number of fused-ring (bicyclic) bond motifs is 2. The van der Waals surface area contributed by atoms with Gasteiger partial charge >= 0.3 is 0 Å². The Balaban J connectivity index is 1.53. The molecular weight excluding hydrogens is 326 g/mol. The number of carbonyl (C=O) groups excluding carboxylic acids is 1. The second-order valence-electron chi connectivity index (χ2n) is 8.23. The summed E-state index contributed by atoms with van der Waals surface area (Å²) in [6.45, 7) is 8.43. The Bertz CT molecular complexity index is 980. The molecule has 0 saturated carbocycles. The average Bonchev–Trinajstić information content (AvgIpc) is 3.09. The van der Waals surface area contributed by atoms with Crippen LogP contribution in [0.1, 0.15) is 54.7 Å². The van der Waals surface area contributed by atoms with E-state index in [1.807, 2.05) is 42.8 Å². The third-order valence-electron chi connectivity index (χ3n) is 5.14. The number of pyridine rings is 1. The molecule has 1 aliphatic carbocycles. The number of aryl methyl sites for hydroxylation is 2. The molecule has 3 aromatic rings. The van der Waals surface area contributed by atoms with Crippen LogP contribution in [0.3, 0.4) is 0 Å². The van der Waals surface area contributed by atoms with Gasteiger partial charge in [-0.3, -0.25) is 4.79 Å². The van der Waals surface area contributed by atoms with Crippen molar-refractivity contribution in [3.05, 3.63) is 58.9 Å². The van der Waals surface area contributed by atoms with E-state index < -0.39 is 0 Å². The van der Waals surface area contributed by atoms with Crippen LogP contribution in [0.15, 0.2) is 35.0 Å². The molecule has 1 N–H and O–H groups in total. The highest BCUT2D eigenvalue weighted by Crippen LogP contribution is 2.42. The lowest BCUT2D eigenvalue weighted by molar-refractivity contribution is -0.121. The van der Waals surface area contributed by atoms with Gasteiger partial charge in [0.1, 0.15) is 17.2 Å². The van der Waals surface area contributed by atoms with E-state index in [0.717, 1.165) is 46.8 Å². The van der Waals surface area contributed by atoms with E-state index in [4.69, 9.17) is 4.42 Å². The number of hydrogen-bond acceptors (Lipinski definition) is 3. The normalized spacial score (nSPS) is 18.7. The lowest BCUT2D eigenvalue weighted by Crippen LogP contribution is -2.36. The topological polar surface area (TPSA) is 59.5 Å². The number of amides is 1. The first-order valence-electron chi connectivity index (χ1n) is 9.12. The van der Waals surface area contributed by atoms with Crippen LogP contribution in [0.2, 0.25) is 0 Å². The molecule has 0 unspecified atom stereocenters. The van der Waals surface area contributed by atoms with Gasteiger partial charge in [0.15, 0.2) is 0 Å². The quantitative estimate of drug-likeness (QED) is 0.778. The van der Waals surface area contributed by atoms with Crippen LogP contribution in [0.25, 0.3) is 5.65 Å². The predicted molar refractivity (Wildman–Crippen MR) is 100 cm³/mol. The third-order valence-corrected chi connectivity index (χ3v) is 5.14. The van der Waals surface area contributed by atoms with Crippen LogP contribution in [0.4, 0.5) is 0 Å². The summed E-state index contributed by atoms with van der Waals surface area (Å²) in [4.78, 5) is 17.3. The lowest BCUT2D eigenvalue weighted by atomic mass is 9.74. The minimum absolute atomic E-state index is 0.00133. The zero-order valence-electron chi connectivity index (χ0n) is 15.8. The molecule has 0 aromatic carbocycles. The Kier molecular flexibility index (Phi) is 3.90. The Hall–Kier alpha value is -2.56. The van der Waals surface area contributed by atoms with E-state index in [9.17, 15) is 4.79 Å². The fourth-order valence-electron chi connectivity index (χ4n) is 4.01. The van der Waals surface area contributed by atoms with E-state index in [-0.39, 0.29) is 23.8 Å². The van der Waals surface area contributed by atoms with Crippen molar-refractivity contribution in [3.63, 3.8) is 0 Å². The van der Waals surface area contributed by atoms with Crippen LogP contribution >= 0.6 is 0 Å². The molecule has 26 heavy (non-hydrogen) atoms. The van der Waals surface area contributed by atoms with Crippen molar-refractivity contribution in [3.8, 4) is 0 Å². The molecule has 3 heterocycles. The van der Waals surface area contributed by atoms with E-state index >= 15 is 0 Å². The average molecular weight is 351 g/mol.